The number of hydrogen-bond donors (Lipinski definition) is 1. The summed E-state index contributed by atoms with van der Waals surface area (Å²) in [4.78, 5) is 2.63. The average Bonchev–Trinajstić information content (AvgIpc) is 2.40. The highest BCUT2D eigenvalue weighted by atomic mass is 35.5. The third-order valence-electron chi connectivity index (χ3n) is 3.66. The molecule has 1 N–H and O–H groups in total. The van der Waals surface area contributed by atoms with Crippen molar-refractivity contribution in [2.24, 2.45) is 5.92 Å². The van der Waals surface area contributed by atoms with Crippen molar-refractivity contribution < 1.29 is 13.2 Å². The molecule has 0 bridgehead atoms. The lowest BCUT2D eigenvalue weighted by atomic mass is 9.97. The summed E-state index contributed by atoms with van der Waals surface area (Å²) in [5.74, 6) is 0.670. The van der Waals surface area contributed by atoms with Crippen LogP contribution < -0.4 is 5.32 Å². The maximum Gasteiger partial charge on any atom is 0.446 e. The molecule has 1 aliphatic rings. The summed E-state index contributed by atoms with van der Waals surface area (Å²) in [6.07, 6.45) is 2.44. The number of thioether (sulfide) groups is 1. The first kappa shape index (κ1) is 19.6. The van der Waals surface area contributed by atoms with Crippen LogP contribution in [0.1, 0.15) is 18.4 Å². The topological polar surface area (TPSA) is 15.3 Å². The molecule has 2 rings (SSSR count). The predicted molar refractivity (Wildman–Crippen MR) is 87.5 cm³/mol. The fourth-order valence-electron chi connectivity index (χ4n) is 2.80. The van der Waals surface area contributed by atoms with Crippen LogP contribution in [0.15, 0.2) is 29.2 Å². The molecule has 0 saturated carbocycles. The first-order valence-corrected chi connectivity index (χ1v) is 7.99. The van der Waals surface area contributed by atoms with Crippen LogP contribution in [0.4, 0.5) is 13.2 Å². The van der Waals surface area contributed by atoms with E-state index in [-0.39, 0.29) is 29.1 Å². The number of nitrogens with one attached hydrogen (secondary N) is 1. The molecule has 22 heavy (non-hydrogen) atoms. The van der Waals surface area contributed by atoms with E-state index >= 15 is 0 Å². The number of benzene rings is 1. The minimum Gasteiger partial charge on any atom is -0.319 e. The second-order valence-electron chi connectivity index (χ2n) is 5.49. The summed E-state index contributed by atoms with van der Waals surface area (Å²) in [5.41, 5.74) is -3.14. The Morgan fingerprint density at radius 2 is 1.95 bits per heavy atom. The average molecular weight is 355 g/mol. The Balaban J connectivity index is 0.00000242. The molecular formula is C15H22ClF3N2S. The van der Waals surface area contributed by atoms with Gasteiger partial charge in [-0.1, -0.05) is 12.1 Å². The SMILES string of the molecule is CNCC1CCCN(Cc2ccc(SC(F)(F)F)cc2)C1.Cl. The zero-order valence-corrected chi connectivity index (χ0v) is 14.2. The molecule has 1 atom stereocenters. The largest absolute Gasteiger partial charge is 0.446 e. The normalized spacial score (nSPS) is 19.7. The van der Waals surface area contributed by atoms with Gasteiger partial charge in [-0.3, -0.25) is 4.90 Å². The zero-order valence-electron chi connectivity index (χ0n) is 12.5. The number of likely N-dealkylation sites (tertiary alicyclic amines) is 1. The molecular weight excluding hydrogens is 333 g/mol. The van der Waals surface area contributed by atoms with Crippen molar-refractivity contribution in [1.29, 1.82) is 0 Å². The molecule has 126 valence electrons. The second-order valence-corrected chi connectivity index (χ2v) is 6.63. The van der Waals surface area contributed by atoms with Gasteiger partial charge in [-0.25, -0.2) is 0 Å². The minimum absolute atomic E-state index is 0. The van der Waals surface area contributed by atoms with Gasteiger partial charge in [-0.15, -0.1) is 12.4 Å². The van der Waals surface area contributed by atoms with Crippen molar-refractivity contribution in [1.82, 2.24) is 10.2 Å². The standard InChI is InChI=1S/C15H21F3N2S.ClH/c1-19-9-13-3-2-8-20(11-13)10-12-4-6-14(7-5-12)21-15(16,17)18;/h4-7,13,19H,2-3,8-11H2,1H3;1H. The number of halogens is 4. The molecule has 0 aromatic heterocycles. The maximum absolute atomic E-state index is 12.3. The van der Waals surface area contributed by atoms with Crippen LogP contribution in [0, 0.1) is 5.92 Å². The van der Waals surface area contributed by atoms with Gasteiger partial charge in [0.2, 0.25) is 0 Å². The Bertz CT molecular complexity index is 437. The van der Waals surface area contributed by atoms with Crippen molar-refractivity contribution in [2.75, 3.05) is 26.7 Å². The van der Waals surface area contributed by atoms with Crippen molar-refractivity contribution >= 4 is 24.2 Å². The Labute approximate surface area is 140 Å². The molecule has 2 nitrogen and oxygen atoms in total. The number of nitrogens with zero attached hydrogens (tertiary/aromatic N) is 1. The molecule has 0 aliphatic carbocycles. The van der Waals surface area contributed by atoms with E-state index in [9.17, 15) is 13.2 Å². The summed E-state index contributed by atoms with van der Waals surface area (Å²) in [5, 5.41) is 3.22. The van der Waals surface area contributed by atoms with Crippen molar-refractivity contribution in [3.63, 3.8) is 0 Å². The predicted octanol–water partition coefficient (Wildman–Crippen LogP) is 4.15. The summed E-state index contributed by atoms with van der Waals surface area (Å²) >= 11 is -0.0594. The molecule has 1 aromatic rings. The fourth-order valence-corrected chi connectivity index (χ4v) is 3.34. The highest BCUT2D eigenvalue weighted by molar-refractivity contribution is 8.00. The van der Waals surface area contributed by atoms with E-state index in [0.717, 1.165) is 31.7 Å². The lowest BCUT2D eigenvalue weighted by Gasteiger charge is -2.32. The Morgan fingerprint density at radius 3 is 2.55 bits per heavy atom. The molecule has 1 saturated heterocycles. The summed E-state index contributed by atoms with van der Waals surface area (Å²) in [6.45, 7) is 3.97. The van der Waals surface area contributed by atoms with Gasteiger partial charge in [0, 0.05) is 18.0 Å². The maximum atomic E-state index is 12.3. The molecule has 0 amide bonds. The van der Waals surface area contributed by atoms with Crippen LogP contribution in [0.3, 0.4) is 0 Å². The summed E-state index contributed by atoms with van der Waals surface area (Å²) < 4.78 is 36.8. The molecule has 0 radical (unpaired) electrons. The Morgan fingerprint density at radius 1 is 1.27 bits per heavy atom. The smallest absolute Gasteiger partial charge is 0.319 e. The summed E-state index contributed by atoms with van der Waals surface area (Å²) in [6, 6.07) is 6.72. The third kappa shape index (κ3) is 6.77. The molecule has 1 unspecified atom stereocenters. The van der Waals surface area contributed by atoms with E-state index in [2.05, 4.69) is 10.2 Å². The van der Waals surface area contributed by atoms with Crippen LogP contribution in [0.5, 0.6) is 0 Å². The van der Waals surface area contributed by atoms with Gasteiger partial charge >= 0.3 is 5.51 Å². The third-order valence-corrected chi connectivity index (χ3v) is 4.40. The van der Waals surface area contributed by atoms with Gasteiger partial charge in [-0.2, -0.15) is 13.2 Å². The Hall–Kier alpha value is -0.430. The Kier molecular flexibility index (Phi) is 8.03. The van der Waals surface area contributed by atoms with Crippen molar-refractivity contribution in [3.05, 3.63) is 29.8 Å². The van der Waals surface area contributed by atoms with Gasteiger partial charge in [0.05, 0.1) is 0 Å². The van der Waals surface area contributed by atoms with Crippen LogP contribution in [-0.2, 0) is 6.54 Å². The highest BCUT2D eigenvalue weighted by Crippen LogP contribution is 2.36. The molecule has 1 aliphatic heterocycles. The van der Waals surface area contributed by atoms with Gasteiger partial charge in [0.1, 0.15) is 0 Å². The monoisotopic (exact) mass is 354 g/mol. The van der Waals surface area contributed by atoms with Crippen molar-refractivity contribution in [2.45, 2.75) is 29.8 Å². The van der Waals surface area contributed by atoms with E-state index < -0.39 is 5.51 Å². The van der Waals surface area contributed by atoms with Crippen LogP contribution in [0.25, 0.3) is 0 Å². The molecule has 1 heterocycles. The number of piperidine rings is 1. The second kappa shape index (κ2) is 9.01. The van der Waals surface area contributed by atoms with E-state index in [4.69, 9.17) is 0 Å². The van der Waals surface area contributed by atoms with E-state index in [1.165, 1.54) is 12.8 Å². The van der Waals surface area contributed by atoms with Crippen LogP contribution in [0.2, 0.25) is 0 Å². The van der Waals surface area contributed by atoms with Gasteiger partial charge in [0.15, 0.2) is 0 Å². The quantitative estimate of drug-likeness (QED) is 0.800. The first-order valence-electron chi connectivity index (χ1n) is 7.18. The van der Waals surface area contributed by atoms with E-state index in [1.54, 1.807) is 24.3 Å². The molecule has 1 fully saturated rings. The molecule has 0 spiro atoms. The van der Waals surface area contributed by atoms with Gasteiger partial charge < -0.3 is 5.32 Å². The number of alkyl halides is 3. The number of hydrogen-bond acceptors (Lipinski definition) is 3. The minimum atomic E-state index is -4.21. The van der Waals surface area contributed by atoms with Crippen molar-refractivity contribution in [3.8, 4) is 0 Å². The number of rotatable bonds is 5. The van der Waals surface area contributed by atoms with Crippen LogP contribution >= 0.6 is 24.2 Å². The lowest BCUT2D eigenvalue weighted by Crippen LogP contribution is -2.38. The molecule has 7 heteroatoms. The highest BCUT2D eigenvalue weighted by Gasteiger charge is 2.29. The van der Waals surface area contributed by atoms with E-state index in [0.29, 0.717) is 5.92 Å². The lowest BCUT2D eigenvalue weighted by molar-refractivity contribution is -0.0328. The first-order chi connectivity index (χ1) is 9.96. The van der Waals surface area contributed by atoms with Crippen LogP contribution in [-0.4, -0.2) is 37.1 Å². The van der Waals surface area contributed by atoms with Gasteiger partial charge in [0.25, 0.3) is 0 Å². The van der Waals surface area contributed by atoms with E-state index in [1.807, 2.05) is 7.05 Å². The molecule has 1 aromatic carbocycles. The summed E-state index contributed by atoms with van der Waals surface area (Å²) in [7, 11) is 1.97. The fraction of sp³-hybridized carbons (Fsp3) is 0.600. The van der Waals surface area contributed by atoms with Gasteiger partial charge in [-0.05, 0) is 68.4 Å². The zero-order chi connectivity index (χ0) is 15.3.